The number of hydrogen-bond acceptors (Lipinski definition) is 8. The molecule has 2 aromatic carbocycles. The average Bonchev–Trinajstić information content (AvgIpc) is 3.22. The normalized spacial score (nSPS) is 10.3. The van der Waals surface area contributed by atoms with Crippen LogP contribution in [0.5, 0.6) is 5.75 Å². The number of amides is 1. The van der Waals surface area contributed by atoms with Crippen molar-refractivity contribution in [3.63, 3.8) is 0 Å². The summed E-state index contributed by atoms with van der Waals surface area (Å²) in [4.78, 5) is 30.4. The highest BCUT2D eigenvalue weighted by Gasteiger charge is 2.18. The summed E-state index contributed by atoms with van der Waals surface area (Å²) in [6.07, 6.45) is 0.122. The van der Waals surface area contributed by atoms with Crippen molar-refractivity contribution in [2.45, 2.75) is 20.0 Å². The second-order valence-corrected chi connectivity index (χ2v) is 6.99. The summed E-state index contributed by atoms with van der Waals surface area (Å²) in [6.45, 7) is 1.47. The molecule has 0 unspecified atom stereocenters. The van der Waals surface area contributed by atoms with Gasteiger partial charge in [-0.1, -0.05) is 22.8 Å². The molecule has 0 spiro atoms. The van der Waals surface area contributed by atoms with Crippen LogP contribution in [-0.2, 0) is 16.1 Å². The van der Waals surface area contributed by atoms with Crippen LogP contribution in [0.1, 0.15) is 28.5 Å². The number of carbonyl (C=O) groups is 2. The van der Waals surface area contributed by atoms with Gasteiger partial charge in [0.05, 0.1) is 18.1 Å². The zero-order chi connectivity index (χ0) is 22.9. The number of anilines is 1. The molecule has 0 fully saturated rings. The van der Waals surface area contributed by atoms with Gasteiger partial charge in [-0.3, -0.25) is 4.79 Å². The minimum atomic E-state index is -0.662. The summed E-state index contributed by atoms with van der Waals surface area (Å²) >= 11 is 6.00. The maximum absolute atomic E-state index is 12.6. The number of carbonyl (C=O) groups excluding carboxylic acids is 2. The van der Waals surface area contributed by atoms with Crippen LogP contribution in [0, 0.1) is 18.3 Å². The molecular formula is C22H19ClN4O5. The van der Waals surface area contributed by atoms with Gasteiger partial charge in [-0.15, -0.1) is 0 Å². The van der Waals surface area contributed by atoms with Gasteiger partial charge in [0.2, 0.25) is 11.7 Å². The molecule has 1 amide bonds. The highest BCUT2D eigenvalue weighted by molar-refractivity contribution is 6.30. The largest absolute Gasteiger partial charge is 0.485 e. The van der Waals surface area contributed by atoms with Crippen LogP contribution in [0.2, 0.25) is 5.02 Å². The smallest absolute Gasteiger partial charge is 0.338 e. The van der Waals surface area contributed by atoms with E-state index in [0.717, 1.165) is 0 Å². The van der Waals surface area contributed by atoms with E-state index in [1.54, 1.807) is 43.3 Å². The van der Waals surface area contributed by atoms with Crippen molar-refractivity contribution in [3.05, 3.63) is 70.8 Å². The first-order chi connectivity index (χ1) is 15.5. The molecule has 9 nitrogen and oxygen atoms in total. The Morgan fingerprint density at radius 2 is 2.00 bits per heavy atom. The van der Waals surface area contributed by atoms with Gasteiger partial charge in [0, 0.05) is 24.2 Å². The lowest BCUT2D eigenvalue weighted by atomic mass is 10.2. The van der Waals surface area contributed by atoms with E-state index in [4.69, 9.17) is 30.9 Å². The van der Waals surface area contributed by atoms with Crippen LogP contribution in [0.25, 0.3) is 0 Å². The Morgan fingerprint density at radius 1 is 1.22 bits per heavy atom. The van der Waals surface area contributed by atoms with Gasteiger partial charge in [-0.05, 0) is 42.5 Å². The first-order valence-electron chi connectivity index (χ1n) is 9.58. The number of nitrogens with zero attached hydrogens (tertiary/aromatic N) is 4. The SMILES string of the molecule is Cc1nc(COc2ccc(C(=O)OCC(=O)N(CCC#N)c3cccc(Cl)c3)cc2)no1. The summed E-state index contributed by atoms with van der Waals surface area (Å²) < 4.78 is 15.6. The second-order valence-electron chi connectivity index (χ2n) is 6.55. The summed E-state index contributed by atoms with van der Waals surface area (Å²) in [5.74, 6) is 0.225. The van der Waals surface area contributed by atoms with Gasteiger partial charge in [0.1, 0.15) is 5.75 Å². The van der Waals surface area contributed by atoms with Crippen LogP contribution < -0.4 is 9.64 Å². The fourth-order valence-corrected chi connectivity index (χ4v) is 2.91. The Bertz CT molecular complexity index is 1120. The van der Waals surface area contributed by atoms with Crippen LogP contribution in [0.3, 0.4) is 0 Å². The molecule has 0 aliphatic rings. The van der Waals surface area contributed by atoms with Crippen molar-refractivity contribution < 1.29 is 23.6 Å². The number of rotatable bonds is 9. The Hall–Kier alpha value is -3.90. The molecule has 0 aliphatic heterocycles. The van der Waals surface area contributed by atoms with E-state index < -0.39 is 18.5 Å². The first kappa shape index (κ1) is 22.8. The highest BCUT2D eigenvalue weighted by atomic mass is 35.5. The number of hydrogen-bond donors (Lipinski definition) is 0. The molecule has 0 N–H and O–H groups in total. The number of aryl methyl sites for hydroxylation is 1. The van der Waals surface area contributed by atoms with Gasteiger partial charge in [-0.25, -0.2) is 4.79 Å². The monoisotopic (exact) mass is 454 g/mol. The topological polar surface area (TPSA) is 119 Å². The second kappa shape index (κ2) is 10.9. The molecule has 3 aromatic rings. The Kier molecular flexibility index (Phi) is 7.78. The highest BCUT2D eigenvalue weighted by Crippen LogP contribution is 2.20. The summed E-state index contributed by atoms with van der Waals surface area (Å²) in [7, 11) is 0. The minimum absolute atomic E-state index is 0.122. The number of esters is 1. The maximum atomic E-state index is 12.6. The van der Waals surface area contributed by atoms with Crippen molar-refractivity contribution >= 4 is 29.2 Å². The average molecular weight is 455 g/mol. The van der Waals surface area contributed by atoms with Crippen LogP contribution in [0.4, 0.5) is 5.69 Å². The summed E-state index contributed by atoms with van der Waals surface area (Å²) in [5, 5.41) is 13.1. The van der Waals surface area contributed by atoms with E-state index in [9.17, 15) is 9.59 Å². The molecule has 3 rings (SSSR count). The van der Waals surface area contributed by atoms with Crippen molar-refractivity contribution in [2.75, 3.05) is 18.1 Å². The number of nitriles is 1. The number of halogens is 1. The molecule has 0 saturated heterocycles. The predicted octanol–water partition coefficient (Wildman–Crippen LogP) is 3.71. The third-order valence-corrected chi connectivity index (χ3v) is 4.46. The molecule has 10 heteroatoms. The molecule has 0 bridgehead atoms. The van der Waals surface area contributed by atoms with Crippen LogP contribution in [0.15, 0.2) is 53.1 Å². The maximum Gasteiger partial charge on any atom is 0.338 e. The van der Waals surface area contributed by atoms with Crippen molar-refractivity contribution in [1.82, 2.24) is 10.1 Å². The molecular weight excluding hydrogens is 436 g/mol. The van der Waals surface area contributed by atoms with Crippen LogP contribution >= 0.6 is 11.6 Å². The fraction of sp³-hybridized carbons (Fsp3) is 0.227. The lowest BCUT2D eigenvalue weighted by Gasteiger charge is -2.21. The Labute approximate surface area is 189 Å². The Balaban J connectivity index is 1.56. The van der Waals surface area contributed by atoms with E-state index in [1.807, 2.05) is 6.07 Å². The van der Waals surface area contributed by atoms with E-state index >= 15 is 0 Å². The van der Waals surface area contributed by atoms with Gasteiger partial charge >= 0.3 is 5.97 Å². The van der Waals surface area contributed by atoms with Crippen LogP contribution in [-0.4, -0.2) is 35.2 Å². The lowest BCUT2D eigenvalue weighted by Crippen LogP contribution is -2.35. The molecule has 0 atom stereocenters. The molecule has 1 aromatic heterocycles. The minimum Gasteiger partial charge on any atom is -0.485 e. The first-order valence-corrected chi connectivity index (χ1v) is 9.96. The zero-order valence-corrected chi connectivity index (χ0v) is 17.9. The van der Waals surface area contributed by atoms with E-state index in [2.05, 4.69) is 10.1 Å². The van der Waals surface area contributed by atoms with E-state index in [0.29, 0.717) is 28.2 Å². The zero-order valence-electron chi connectivity index (χ0n) is 17.2. The van der Waals surface area contributed by atoms with Crippen molar-refractivity contribution in [3.8, 4) is 11.8 Å². The summed E-state index contributed by atoms with van der Waals surface area (Å²) in [5.41, 5.74) is 0.777. The van der Waals surface area contributed by atoms with Gasteiger partial charge in [0.15, 0.2) is 13.2 Å². The van der Waals surface area contributed by atoms with Gasteiger partial charge in [0.25, 0.3) is 5.91 Å². The molecule has 1 heterocycles. The molecule has 164 valence electrons. The third-order valence-electron chi connectivity index (χ3n) is 4.22. The van der Waals surface area contributed by atoms with Crippen molar-refractivity contribution in [2.24, 2.45) is 0 Å². The Morgan fingerprint density at radius 3 is 2.66 bits per heavy atom. The van der Waals surface area contributed by atoms with E-state index in [-0.39, 0.29) is 25.1 Å². The molecule has 32 heavy (non-hydrogen) atoms. The standard InChI is InChI=1S/C22H19ClN4O5/c1-15-25-20(26-32-15)13-30-19-8-6-16(7-9-19)22(29)31-14-21(28)27(11-3-10-24)18-5-2-4-17(23)12-18/h2,4-9,12H,3,11,13-14H2,1H3. The molecule has 0 aliphatic carbocycles. The number of benzene rings is 2. The number of aromatic nitrogens is 2. The van der Waals surface area contributed by atoms with Crippen molar-refractivity contribution in [1.29, 1.82) is 5.26 Å². The molecule has 0 saturated carbocycles. The van der Waals surface area contributed by atoms with Gasteiger partial charge < -0.3 is 18.9 Å². The van der Waals surface area contributed by atoms with E-state index in [1.165, 1.54) is 17.0 Å². The lowest BCUT2D eigenvalue weighted by molar-refractivity contribution is -0.121. The fourth-order valence-electron chi connectivity index (χ4n) is 2.73. The predicted molar refractivity (Wildman–Crippen MR) is 114 cm³/mol. The quantitative estimate of drug-likeness (QED) is 0.449. The number of ether oxygens (including phenoxy) is 2. The molecule has 0 radical (unpaired) electrons. The van der Waals surface area contributed by atoms with Gasteiger partial charge in [-0.2, -0.15) is 10.2 Å². The summed E-state index contributed by atoms with van der Waals surface area (Å²) in [6, 6.07) is 14.9. The third kappa shape index (κ3) is 6.30.